The van der Waals surface area contributed by atoms with Crippen LogP contribution in [0.1, 0.15) is 5.56 Å². The molecule has 0 saturated heterocycles. The molecule has 3 rings (SSSR count). The standard InChI is InChI=1S/C13H11N3O.3HI.V/c1-9-6-7-13(17)12(8-9)16-14-10-4-2-3-5-11(10)15-16;;;;/h2-8,17H,1H3;3*1H;/q;;;;+3/p-3. The van der Waals surface area contributed by atoms with Crippen molar-refractivity contribution in [3.05, 3.63) is 48.0 Å². The van der Waals surface area contributed by atoms with E-state index in [4.69, 9.17) is 0 Å². The number of hydrogen-bond acceptors (Lipinski definition) is 3. The van der Waals surface area contributed by atoms with Crippen LogP contribution in [0, 0.1) is 6.92 Å². The molecule has 21 heavy (non-hydrogen) atoms. The fraction of sp³-hybridized carbons (Fsp3) is 0.0769. The van der Waals surface area contributed by atoms with Gasteiger partial charge in [0.2, 0.25) is 0 Å². The van der Waals surface area contributed by atoms with Crippen molar-refractivity contribution in [3.8, 4) is 11.4 Å². The van der Waals surface area contributed by atoms with Crippen molar-refractivity contribution in [3.63, 3.8) is 0 Å². The van der Waals surface area contributed by atoms with Crippen molar-refractivity contribution in [1.29, 1.82) is 0 Å². The summed E-state index contributed by atoms with van der Waals surface area (Å²) in [5.74, 6) is 0.177. The van der Waals surface area contributed by atoms with E-state index in [2.05, 4.69) is 70.1 Å². The normalized spacial score (nSPS) is 10.5. The summed E-state index contributed by atoms with van der Waals surface area (Å²) in [7, 11) is 0. The van der Waals surface area contributed by atoms with Crippen LogP contribution in [0.3, 0.4) is 0 Å². The Morgan fingerprint density at radius 2 is 1.52 bits per heavy atom. The Morgan fingerprint density at radius 3 is 2.05 bits per heavy atom. The second-order valence-corrected chi connectivity index (χ2v) is 39.5. The van der Waals surface area contributed by atoms with Crippen LogP contribution in [0.15, 0.2) is 42.5 Å². The van der Waals surface area contributed by atoms with Crippen LogP contribution in [0.5, 0.6) is 5.75 Å². The Balaban J connectivity index is 0.000000361. The van der Waals surface area contributed by atoms with Crippen molar-refractivity contribution < 1.29 is 10.0 Å². The van der Waals surface area contributed by atoms with E-state index in [1.807, 2.05) is 43.3 Å². The van der Waals surface area contributed by atoms with Crippen LogP contribution >= 0.6 is 59.9 Å². The number of nitrogens with zero attached hydrogens (tertiary/aromatic N) is 3. The first kappa shape index (κ1) is 17.8. The minimum atomic E-state index is -0.278. The number of rotatable bonds is 1. The first-order valence-corrected chi connectivity index (χ1v) is 19.4. The SMILES string of the molecule is Cc1ccc(O)c(-n2nc3ccccc3n2)c1.[I][V]([I])[I]. The molecule has 3 aromatic rings. The van der Waals surface area contributed by atoms with E-state index in [1.54, 1.807) is 6.07 Å². The Morgan fingerprint density at radius 1 is 1.00 bits per heavy atom. The number of aromatic hydroxyl groups is 1. The van der Waals surface area contributed by atoms with Crippen molar-refractivity contribution in [2.45, 2.75) is 6.92 Å². The zero-order valence-corrected chi connectivity index (χ0v) is 18.8. The van der Waals surface area contributed by atoms with Gasteiger partial charge in [0.15, 0.2) is 0 Å². The van der Waals surface area contributed by atoms with Gasteiger partial charge in [0.05, 0.1) is 0 Å². The van der Waals surface area contributed by atoms with Gasteiger partial charge in [0.25, 0.3) is 0 Å². The van der Waals surface area contributed by atoms with Gasteiger partial charge in [-0.1, -0.05) is 18.2 Å². The first-order valence-electron chi connectivity index (χ1n) is 5.87. The average molecular weight is 657 g/mol. The molecule has 110 valence electrons. The predicted octanol–water partition coefficient (Wildman–Crippen LogP) is 5.09. The maximum atomic E-state index is 9.81. The topological polar surface area (TPSA) is 50.9 Å². The number of phenolic OH excluding ortho intramolecular Hbond substituents is 1. The molecule has 0 aliphatic carbocycles. The maximum absolute atomic E-state index is 9.81. The molecule has 0 radical (unpaired) electrons. The Labute approximate surface area is 160 Å². The van der Waals surface area contributed by atoms with Gasteiger partial charge in [-0.25, -0.2) is 0 Å². The Hall–Kier alpha value is 0.414. The van der Waals surface area contributed by atoms with Crippen molar-refractivity contribution in [1.82, 2.24) is 15.0 Å². The van der Waals surface area contributed by atoms with Crippen LogP contribution in [0.2, 0.25) is 0 Å². The molecule has 0 saturated carbocycles. The summed E-state index contributed by atoms with van der Waals surface area (Å²) in [5.41, 5.74) is 3.28. The van der Waals surface area contributed by atoms with Crippen molar-refractivity contribution >= 4 is 71.0 Å². The number of fused-ring (bicyclic) bond motifs is 1. The fourth-order valence-corrected chi connectivity index (χ4v) is 1.76. The van der Waals surface area contributed by atoms with Gasteiger partial charge in [-0.3, -0.25) is 0 Å². The molecule has 1 aromatic heterocycles. The monoisotopic (exact) mass is 657 g/mol. The van der Waals surface area contributed by atoms with Gasteiger partial charge in [0.1, 0.15) is 22.5 Å². The summed E-state index contributed by atoms with van der Waals surface area (Å²) in [6.07, 6.45) is 0. The zero-order valence-electron chi connectivity index (χ0n) is 10.9. The van der Waals surface area contributed by atoms with Crippen LogP contribution < -0.4 is 0 Å². The number of aryl methyl sites for hydroxylation is 1. The van der Waals surface area contributed by atoms with Gasteiger partial charge >= 0.3 is 64.9 Å². The van der Waals surface area contributed by atoms with Gasteiger partial charge < -0.3 is 5.11 Å². The number of halogens is 3. The number of aromatic nitrogens is 3. The quantitative estimate of drug-likeness (QED) is 0.372. The molecule has 8 heteroatoms. The third kappa shape index (κ3) is 5.22. The van der Waals surface area contributed by atoms with Crippen molar-refractivity contribution in [2.75, 3.05) is 0 Å². The molecule has 0 spiro atoms. The molecule has 1 N–H and O–H groups in total. The number of phenols is 1. The van der Waals surface area contributed by atoms with Gasteiger partial charge in [-0.05, 0) is 36.8 Å². The Kier molecular flexibility index (Phi) is 7.04. The Bertz CT molecular complexity index is 713. The van der Waals surface area contributed by atoms with E-state index in [1.165, 1.54) is 4.80 Å². The molecule has 0 aliphatic rings. The molecule has 4 nitrogen and oxygen atoms in total. The summed E-state index contributed by atoms with van der Waals surface area (Å²) >= 11 is 7.39. The molecule has 1 heterocycles. The first-order chi connectivity index (χ1) is 9.97. The molecule has 0 bridgehead atoms. The summed E-state index contributed by atoms with van der Waals surface area (Å²) in [4.78, 5) is 1.19. The summed E-state index contributed by atoms with van der Waals surface area (Å²) in [6, 6.07) is 13.0. The third-order valence-electron chi connectivity index (χ3n) is 2.63. The summed E-state index contributed by atoms with van der Waals surface area (Å²) in [5, 5.41) is 18.5. The van der Waals surface area contributed by atoms with Gasteiger partial charge in [0, 0.05) is 0 Å². The van der Waals surface area contributed by atoms with Crippen LogP contribution in [0.4, 0.5) is 0 Å². The number of hydrogen-bond donors (Lipinski definition) is 1. The third-order valence-corrected chi connectivity index (χ3v) is 2.63. The molecular weight excluding hydrogens is 646 g/mol. The van der Waals surface area contributed by atoms with E-state index in [0.717, 1.165) is 16.6 Å². The van der Waals surface area contributed by atoms with Gasteiger partial charge in [-0.15, -0.1) is 15.0 Å². The molecular formula is C13H11I3N3OV. The number of benzene rings is 2. The predicted molar refractivity (Wildman–Crippen MR) is 107 cm³/mol. The zero-order chi connectivity index (χ0) is 15.4. The molecule has 0 unspecified atom stereocenters. The molecule has 0 fully saturated rings. The molecule has 0 amide bonds. The average Bonchev–Trinajstić information content (AvgIpc) is 2.84. The van der Waals surface area contributed by atoms with E-state index >= 15 is 0 Å². The molecule has 0 atom stereocenters. The van der Waals surface area contributed by atoms with Crippen LogP contribution in [-0.4, -0.2) is 20.1 Å². The molecule has 2 aromatic carbocycles. The van der Waals surface area contributed by atoms with E-state index in [0.29, 0.717) is 5.69 Å². The van der Waals surface area contributed by atoms with Crippen LogP contribution in [0.25, 0.3) is 16.7 Å². The van der Waals surface area contributed by atoms with Gasteiger partial charge in [-0.2, -0.15) is 0 Å². The van der Waals surface area contributed by atoms with E-state index < -0.39 is 0 Å². The van der Waals surface area contributed by atoms with E-state index in [-0.39, 0.29) is 10.7 Å². The minimum absolute atomic E-state index is 0.177. The summed E-state index contributed by atoms with van der Waals surface area (Å²) < 4.78 is 0. The summed E-state index contributed by atoms with van der Waals surface area (Å²) in [6.45, 7) is 1.96. The second kappa shape index (κ2) is 8.32. The second-order valence-electron chi connectivity index (χ2n) is 4.16. The molecule has 0 aliphatic heterocycles. The van der Waals surface area contributed by atoms with Crippen molar-refractivity contribution in [2.24, 2.45) is 0 Å². The fourth-order valence-electron chi connectivity index (χ4n) is 1.76. The van der Waals surface area contributed by atoms with E-state index in [9.17, 15) is 5.11 Å². The van der Waals surface area contributed by atoms with Crippen LogP contribution in [-0.2, 0) is 4.92 Å².